The Labute approximate surface area is 155 Å². The van der Waals surface area contributed by atoms with Crippen molar-refractivity contribution >= 4 is 22.1 Å². The van der Waals surface area contributed by atoms with Crippen molar-refractivity contribution < 1.29 is 0 Å². The van der Waals surface area contributed by atoms with E-state index in [-0.39, 0.29) is 0 Å². The fourth-order valence-corrected chi connectivity index (χ4v) is 3.92. The smallest absolute Gasteiger partial charge is 0.0696 e. The molecule has 0 aromatic heterocycles. The van der Waals surface area contributed by atoms with Crippen molar-refractivity contribution in [2.75, 3.05) is 0 Å². The molecule has 128 valence electrons. The van der Waals surface area contributed by atoms with Crippen molar-refractivity contribution in [3.05, 3.63) is 100 Å². The first-order valence-electron chi connectivity index (χ1n) is 9.11. The second kappa shape index (κ2) is 6.42. The molecule has 0 spiro atoms. The Balaban J connectivity index is 1.99. The van der Waals surface area contributed by atoms with Crippen LogP contribution in [-0.2, 0) is 0 Å². The number of benzene rings is 3. The predicted octanol–water partition coefficient (Wildman–Crippen LogP) is 6.77. The average molecular weight is 337 g/mol. The molecule has 0 fully saturated rings. The Hall–Kier alpha value is -2.93. The molecule has 3 aromatic rings. The quantitative estimate of drug-likeness (QED) is 0.510. The lowest BCUT2D eigenvalue weighted by Crippen LogP contribution is -2.07. The largest absolute Gasteiger partial charge is 0.300 e. The Morgan fingerprint density at radius 3 is 2.15 bits per heavy atom. The van der Waals surface area contributed by atoms with Gasteiger partial charge in [-0.2, -0.15) is 0 Å². The lowest BCUT2D eigenvalue weighted by atomic mass is 9.87. The number of fused-ring (bicyclic) bond motifs is 1. The number of rotatable bonds is 3. The van der Waals surface area contributed by atoms with Crippen LogP contribution in [0, 0.1) is 5.41 Å². The molecule has 1 aliphatic rings. The zero-order valence-electron chi connectivity index (χ0n) is 15.6. The fourth-order valence-electron chi connectivity index (χ4n) is 3.92. The second-order valence-electron chi connectivity index (χ2n) is 7.14. The maximum absolute atomic E-state index is 8.99. The second-order valence-corrected chi connectivity index (χ2v) is 7.14. The van der Waals surface area contributed by atoms with Gasteiger partial charge in [0.1, 0.15) is 0 Å². The van der Waals surface area contributed by atoms with Gasteiger partial charge in [-0.25, -0.2) is 0 Å². The van der Waals surface area contributed by atoms with E-state index in [1.165, 1.54) is 33.2 Å². The summed E-state index contributed by atoms with van der Waals surface area (Å²) in [5.41, 5.74) is 9.36. The number of hydrogen-bond donors (Lipinski definition) is 1. The van der Waals surface area contributed by atoms with E-state index in [1.807, 2.05) is 30.3 Å². The van der Waals surface area contributed by atoms with Crippen LogP contribution in [0.2, 0.25) is 0 Å². The molecule has 0 heterocycles. The van der Waals surface area contributed by atoms with Crippen LogP contribution in [0.15, 0.2) is 83.4 Å². The van der Waals surface area contributed by atoms with E-state index in [2.05, 4.69) is 57.2 Å². The van der Waals surface area contributed by atoms with Gasteiger partial charge in [0.15, 0.2) is 0 Å². The van der Waals surface area contributed by atoms with Gasteiger partial charge in [0.2, 0.25) is 0 Å². The third-order valence-corrected chi connectivity index (χ3v) is 5.66. The van der Waals surface area contributed by atoms with E-state index in [1.54, 1.807) is 0 Å². The molecule has 0 amide bonds. The first-order valence-corrected chi connectivity index (χ1v) is 9.11. The van der Waals surface area contributed by atoms with E-state index in [4.69, 9.17) is 5.41 Å². The highest BCUT2D eigenvalue weighted by atomic mass is 14.4. The average Bonchev–Trinajstić information content (AvgIpc) is 2.94. The molecule has 0 saturated carbocycles. The van der Waals surface area contributed by atoms with E-state index in [0.717, 1.165) is 22.9 Å². The molecular formula is C25H23N. The van der Waals surface area contributed by atoms with E-state index < -0.39 is 0 Å². The van der Waals surface area contributed by atoms with Crippen LogP contribution in [0.25, 0.3) is 16.3 Å². The normalized spacial score (nSPS) is 14.4. The van der Waals surface area contributed by atoms with Crippen molar-refractivity contribution in [3.63, 3.8) is 0 Å². The fraction of sp³-hybridized carbons (Fsp3) is 0.160. The van der Waals surface area contributed by atoms with Gasteiger partial charge in [0.25, 0.3) is 0 Å². The number of nitrogens with one attached hydrogen (secondary N) is 1. The van der Waals surface area contributed by atoms with Crippen molar-refractivity contribution in [1.29, 1.82) is 5.41 Å². The van der Waals surface area contributed by atoms with E-state index >= 15 is 0 Å². The van der Waals surface area contributed by atoms with Crippen molar-refractivity contribution in [1.82, 2.24) is 0 Å². The SMILES string of the molecule is CC1=C(C)C(C)=C(c2ccc3ccccc3c2C(=N)c2ccccc2)C1. The van der Waals surface area contributed by atoms with Gasteiger partial charge in [-0.15, -0.1) is 0 Å². The molecule has 1 nitrogen and oxygen atoms in total. The van der Waals surface area contributed by atoms with Crippen LogP contribution >= 0.6 is 0 Å². The lowest BCUT2D eigenvalue weighted by Gasteiger charge is -2.17. The van der Waals surface area contributed by atoms with Gasteiger partial charge in [0.05, 0.1) is 5.71 Å². The lowest BCUT2D eigenvalue weighted by molar-refractivity contribution is 1.22. The summed E-state index contributed by atoms with van der Waals surface area (Å²) in [4.78, 5) is 0. The number of hydrogen-bond acceptors (Lipinski definition) is 1. The topological polar surface area (TPSA) is 23.9 Å². The minimum absolute atomic E-state index is 0.597. The third kappa shape index (κ3) is 2.61. The molecule has 26 heavy (non-hydrogen) atoms. The summed E-state index contributed by atoms with van der Waals surface area (Å²) < 4.78 is 0. The Bertz CT molecular complexity index is 1080. The Morgan fingerprint density at radius 1 is 0.769 bits per heavy atom. The Kier molecular flexibility index (Phi) is 4.08. The molecule has 4 rings (SSSR count). The van der Waals surface area contributed by atoms with Crippen LogP contribution in [-0.4, -0.2) is 5.71 Å². The van der Waals surface area contributed by atoms with Gasteiger partial charge in [-0.05, 0) is 60.2 Å². The molecular weight excluding hydrogens is 314 g/mol. The van der Waals surface area contributed by atoms with Crippen LogP contribution in [0.1, 0.15) is 43.9 Å². The maximum atomic E-state index is 8.99. The van der Waals surface area contributed by atoms with Gasteiger partial charge >= 0.3 is 0 Å². The molecule has 0 aliphatic heterocycles. The maximum Gasteiger partial charge on any atom is 0.0696 e. The molecule has 1 heteroatoms. The van der Waals surface area contributed by atoms with Crippen LogP contribution in [0.3, 0.4) is 0 Å². The molecule has 0 bridgehead atoms. The first-order chi connectivity index (χ1) is 12.6. The molecule has 0 saturated heterocycles. The predicted molar refractivity (Wildman–Crippen MR) is 112 cm³/mol. The molecule has 0 atom stereocenters. The molecule has 1 N–H and O–H groups in total. The minimum Gasteiger partial charge on any atom is -0.300 e. The van der Waals surface area contributed by atoms with Crippen LogP contribution in [0.4, 0.5) is 0 Å². The summed E-state index contributed by atoms with van der Waals surface area (Å²) in [7, 11) is 0. The summed E-state index contributed by atoms with van der Waals surface area (Å²) in [6.07, 6.45) is 0.977. The van der Waals surface area contributed by atoms with Crippen molar-refractivity contribution in [3.8, 4) is 0 Å². The highest BCUT2D eigenvalue weighted by molar-refractivity contribution is 6.20. The van der Waals surface area contributed by atoms with Gasteiger partial charge in [-0.3, -0.25) is 5.41 Å². The van der Waals surface area contributed by atoms with Gasteiger partial charge < -0.3 is 0 Å². The zero-order valence-corrected chi connectivity index (χ0v) is 15.6. The van der Waals surface area contributed by atoms with E-state index in [0.29, 0.717) is 5.71 Å². The van der Waals surface area contributed by atoms with Crippen LogP contribution < -0.4 is 0 Å². The first kappa shape index (κ1) is 16.5. The summed E-state index contributed by atoms with van der Waals surface area (Å²) in [6.45, 7) is 6.64. The van der Waals surface area contributed by atoms with Crippen molar-refractivity contribution in [2.24, 2.45) is 0 Å². The monoisotopic (exact) mass is 337 g/mol. The van der Waals surface area contributed by atoms with E-state index in [9.17, 15) is 0 Å². The standard InChI is InChI=1S/C25H23N/c1-16-15-23(18(3)17(16)2)22-14-13-19-9-7-8-12-21(19)24(22)25(26)20-10-5-4-6-11-20/h4-14,26H,15H2,1-3H3. The summed E-state index contributed by atoms with van der Waals surface area (Å²) in [6, 6.07) is 22.9. The van der Waals surface area contributed by atoms with Gasteiger partial charge in [0, 0.05) is 11.1 Å². The minimum atomic E-state index is 0.597. The van der Waals surface area contributed by atoms with Gasteiger partial charge in [-0.1, -0.05) is 72.3 Å². The number of allylic oxidation sites excluding steroid dienone is 4. The summed E-state index contributed by atoms with van der Waals surface area (Å²) >= 11 is 0. The highest BCUT2D eigenvalue weighted by Crippen LogP contribution is 2.41. The zero-order chi connectivity index (χ0) is 18.3. The molecule has 0 radical (unpaired) electrons. The molecule has 1 aliphatic carbocycles. The Morgan fingerprint density at radius 2 is 1.46 bits per heavy atom. The molecule has 0 unspecified atom stereocenters. The van der Waals surface area contributed by atoms with Crippen LogP contribution in [0.5, 0.6) is 0 Å². The third-order valence-electron chi connectivity index (χ3n) is 5.66. The summed E-state index contributed by atoms with van der Waals surface area (Å²) in [5, 5.41) is 11.3. The summed E-state index contributed by atoms with van der Waals surface area (Å²) in [5.74, 6) is 0. The van der Waals surface area contributed by atoms with Crippen molar-refractivity contribution in [2.45, 2.75) is 27.2 Å². The highest BCUT2D eigenvalue weighted by Gasteiger charge is 2.22. The molecule has 3 aromatic carbocycles.